The van der Waals surface area contributed by atoms with E-state index in [-0.39, 0.29) is 23.8 Å². The van der Waals surface area contributed by atoms with Crippen LogP contribution in [0.4, 0.5) is 4.79 Å². The molecule has 1 heterocycles. The smallest absolute Gasteiger partial charge is 0.315 e. The van der Waals surface area contributed by atoms with Crippen LogP contribution in [-0.2, 0) is 14.4 Å². The highest BCUT2D eigenvalue weighted by atomic mass is 16.3. The molecule has 3 aliphatic rings. The molecule has 198 valence electrons. The second-order valence-electron chi connectivity index (χ2n) is 12.0. The average molecular weight is 495 g/mol. The maximum Gasteiger partial charge on any atom is 0.315 e. The zero-order valence-electron chi connectivity index (χ0n) is 21.5. The highest BCUT2D eigenvalue weighted by Gasteiger charge is 2.69. The van der Waals surface area contributed by atoms with E-state index in [0.29, 0.717) is 18.9 Å². The van der Waals surface area contributed by atoms with E-state index in [1.807, 2.05) is 20.8 Å². The van der Waals surface area contributed by atoms with Crippen molar-refractivity contribution in [3.8, 4) is 0 Å². The summed E-state index contributed by atoms with van der Waals surface area (Å²) in [7, 11) is 0. The van der Waals surface area contributed by atoms with Crippen molar-refractivity contribution in [2.24, 2.45) is 34.6 Å². The molecule has 11 heteroatoms. The van der Waals surface area contributed by atoms with Gasteiger partial charge in [-0.15, -0.1) is 0 Å². The van der Waals surface area contributed by atoms with Crippen molar-refractivity contribution in [3.63, 3.8) is 0 Å². The summed E-state index contributed by atoms with van der Waals surface area (Å²) in [6.45, 7) is 9.84. The molecule has 6 atom stereocenters. The minimum absolute atomic E-state index is 0.0663. The molecule has 0 bridgehead atoms. The molecule has 2 aliphatic carbocycles. The second kappa shape index (κ2) is 9.93. The maximum atomic E-state index is 13.5. The molecule has 0 aromatic rings. The van der Waals surface area contributed by atoms with Crippen LogP contribution in [0.5, 0.6) is 0 Å². The van der Waals surface area contributed by atoms with Crippen LogP contribution in [0.15, 0.2) is 0 Å². The highest BCUT2D eigenvalue weighted by Crippen LogP contribution is 2.64. The Hall–Kier alpha value is -2.40. The Kier molecular flexibility index (Phi) is 7.71. The van der Waals surface area contributed by atoms with E-state index in [1.165, 1.54) is 4.90 Å². The number of nitrogens with two attached hydrogens (primary N) is 2. The fraction of sp³-hybridized carbons (Fsp3) is 0.833. The normalized spacial score (nSPS) is 27.6. The number of aliphatic hydroxyl groups is 1. The first-order valence-corrected chi connectivity index (χ1v) is 12.5. The van der Waals surface area contributed by atoms with E-state index in [1.54, 1.807) is 0 Å². The molecule has 0 aromatic heterocycles. The number of aliphatic hydroxyl groups excluding tert-OH is 1. The van der Waals surface area contributed by atoms with Gasteiger partial charge in [0.1, 0.15) is 12.1 Å². The van der Waals surface area contributed by atoms with Gasteiger partial charge in [0.25, 0.3) is 0 Å². The Balaban J connectivity index is 1.75. The van der Waals surface area contributed by atoms with Crippen LogP contribution in [0.1, 0.15) is 60.3 Å². The summed E-state index contributed by atoms with van der Waals surface area (Å²) in [5.74, 6) is -1.36. The SMILES string of the molecule is CC(C)(C)NC(=O)N[C@@H](CN)C(=O)N1CC2[C@@H]([C@H]1C(=O)NC(CC1CCC1)C(O)C(N)=O)C2(C)C. The van der Waals surface area contributed by atoms with Crippen LogP contribution in [0, 0.1) is 23.2 Å². The molecule has 0 radical (unpaired) electrons. The number of hydrogen-bond acceptors (Lipinski definition) is 6. The summed E-state index contributed by atoms with van der Waals surface area (Å²) in [5, 5.41) is 18.6. The number of amides is 5. The van der Waals surface area contributed by atoms with Crippen LogP contribution in [-0.4, -0.2) is 76.6 Å². The predicted octanol–water partition coefficient (Wildman–Crippen LogP) is -0.584. The second-order valence-corrected chi connectivity index (χ2v) is 12.0. The van der Waals surface area contributed by atoms with Crippen LogP contribution >= 0.6 is 0 Å². The number of carbonyl (C=O) groups excluding carboxylic acids is 4. The monoisotopic (exact) mass is 494 g/mol. The van der Waals surface area contributed by atoms with Gasteiger partial charge in [-0.3, -0.25) is 14.4 Å². The third-order valence-corrected chi connectivity index (χ3v) is 7.90. The Morgan fingerprint density at radius 3 is 2.26 bits per heavy atom. The van der Waals surface area contributed by atoms with Crippen LogP contribution < -0.4 is 27.4 Å². The number of likely N-dealkylation sites (tertiary alicyclic amines) is 1. The van der Waals surface area contributed by atoms with Gasteiger partial charge in [0.15, 0.2) is 6.10 Å². The standard InChI is InChI=1S/C24H42N6O5/c1-23(2,3)29-22(35)28-15(10-25)21(34)30-11-13-16(24(13,4)5)17(30)20(33)27-14(18(31)19(26)32)9-12-7-6-8-12/h12-18,31H,6-11,25H2,1-5H3,(H2,26,32)(H,27,33)(H2,28,29,35)/t13?,14?,15-,16-,17-,18?/m0/s1. The van der Waals surface area contributed by atoms with E-state index in [4.69, 9.17) is 11.5 Å². The summed E-state index contributed by atoms with van der Waals surface area (Å²) in [6.07, 6.45) is 1.98. The molecular formula is C24H42N6O5. The Bertz CT molecular complexity index is 852. The van der Waals surface area contributed by atoms with Crippen LogP contribution in [0.25, 0.3) is 0 Å². The lowest BCUT2D eigenvalue weighted by atomic mass is 9.79. The van der Waals surface area contributed by atoms with Crippen molar-refractivity contribution >= 4 is 23.8 Å². The van der Waals surface area contributed by atoms with E-state index in [0.717, 1.165) is 19.3 Å². The van der Waals surface area contributed by atoms with Gasteiger partial charge in [-0.25, -0.2) is 4.79 Å². The average Bonchev–Trinajstić information content (AvgIpc) is 3.06. The first kappa shape index (κ1) is 27.2. The van der Waals surface area contributed by atoms with Gasteiger partial charge in [-0.05, 0) is 50.4 Å². The first-order valence-electron chi connectivity index (χ1n) is 12.5. The summed E-state index contributed by atoms with van der Waals surface area (Å²) >= 11 is 0. The summed E-state index contributed by atoms with van der Waals surface area (Å²) in [6, 6.07) is -3.11. The van der Waals surface area contributed by atoms with E-state index in [9.17, 15) is 24.3 Å². The fourth-order valence-corrected chi connectivity index (χ4v) is 5.59. The van der Waals surface area contributed by atoms with Crippen LogP contribution in [0.3, 0.4) is 0 Å². The maximum absolute atomic E-state index is 13.5. The van der Waals surface area contributed by atoms with Gasteiger partial charge in [-0.2, -0.15) is 0 Å². The summed E-state index contributed by atoms with van der Waals surface area (Å²) < 4.78 is 0. The Morgan fingerprint density at radius 2 is 1.77 bits per heavy atom. The van der Waals surface area contributed by atoms with Gasteiger partial charge in [0.2, 0.25) is 17.7 Å². The number of rotatable bonds is 9. The van der Waals surface area contributed by atoms with Gasteiger partial charge >= 0.3 is 6.03 Å². The van der Waals surface area contributed by atoms with Gasteiger partial charge < -0.3 is 37.4 Å². The van der Waals surface area contributed by atoms with Crippen molar-refractivity contribution in [2.75, 3.05) is 13.1 Å². The number of urea groups is 1. The number of fused-ring (bicyclic) bond motifs is 1. The quantitative estimate of drug-likeness (QED) is 0.249. The minimum Gasteiger partial charge on any atom is -0.381 e. The van der Waals surface area contributed by atoms with E-state index >= 15 is 0 Å². The Labute approximate surface area is 207 Å². The minimum atomic E-state index is -1.51. The number of nitrogens with one attached hydrogen (secondary N) is 3. The van der Waals surface area contributed by atoms with E-state index < -0.39 is 53.5 Å². The molecule has 1 saturated heterocycles. The lowest BCUT2D eigenvalue weighted by Gasteiger charge is -2.36. The largest absolute Gasteiger partial charge is 0.381 e. The third kappa shape index (κ3) is 5.88. The number of piperidine rings is 1. The first-order chi connectivity index (χ1) is 16.2. The molecule has 2 saturated carbocycles. The number of hydrogen-bond donors (Lipinski definition) is 6. The molecule has 8 N–H and O–H groups in total. The number of nitrogens with zero attached hydrogens (tertiary/aromatic N) is 1. The molecule has 35 heavy (non-hydrogen) atoms. The van der Waals surface area contributed by atoms with Crippen molar-refractivity contribution in [1.29, 1.82) is 0 Å². The molecule has 0 spiro atoms. The van der Waals surface area contributed by atoms with Crippen molar-refractivity contribution in [1.82, 2.24) is 20.9 Å². The zero-order valence-corrected chi connectivity index (χ0v) is 21.5. The van der Waals surface area contributed by atoms with E-state index in [2.05, 4.69) is 29.8 Å². The molecule has 5 amide bonds. The van der Waals surface area contributed by atoms with Crippen LogP contribution in [0.2, 0.25) is 0 Å². The fourth-order valence-electron chi connectivity index (χ4n) is 5.59. The lowest BCUT2D eigenvalue weighted by molar-refractivity contribution is -0.142. The zero-order chi connectivity index (χ0) is 26.3. The molecule has 3 rings (SSSR count). The van der Waals surface area contributed by atoms with Crippen molar-refractivity contribution < 1.29 is 24.3 Å². The molecule has 11 nitrogen and oxygen atoms in total. The van der Waals surface area contributed by atoms with Crippen molar-refractivity contribution in [2.45, 2.75) is 90.1 Å². The highest BCUT2D eigenvalue weighted by molar-refractivity contribution is 5.94. The summed E-state index contributed by atoms with van der Waals surface area (Å²) in [4.78, 5) is 52.5. The van der Waals surface area contributed by atoms with Gasteiger partial charge in [0.05, 0.1) is 6.04 Å². The summed E-state index contributed by atoms with van der Waals surface area (Å²) in [5.41, 5.74) is 10.5. The predicted molar refractivity (Wildman–Crippen MR) is 130 cm³/mol. The van der Waals surface area contributed by atoms with Crippen molar-refractivity contribution in [3.05, 3.63) is 0 Å². The van der Waals surface area contributed by atoms with Gasteiger partial charge in [0, 0.05) is 18.6 Å². The lowest BCUT2D eigenvalue weighted by Crippen LogP contribution is -2.61. The topological polar surface area (TPSA) is 180 Å². The van der Waals surface area contributed by atoms with Gasteiger partial charge in [-0.1, -0.05) is 33.1 Å². The molecule has 3 unspecified atom stereocenters. The Morgan fingerprint density at radius 1 is 1.14 bits per heavy atom. The molecule has 0 aromatic carbocycles. The number of carbonyl (C=O) groups is 4. The molecular weight excluding hydrogens is 452 g/mol. The number of primary amides is 1. The third-order valence-electron chi connectivity index (χ3n) is 7.90. The molecule has 3 fully saturated rings. The molecule has 1 aliphatic heterocycles.